The monoisotopic (exact) mass is 275 g/mol. The van der Waals surface area contributed by atoms with Gasteiger partial charge >= 0.3 is 6.11 Å². The lowest BCUT2D eigenvalue weighted by Gasteiger charge is -2.19. The average Bonchev–Trinajstić information content (AvgIpc) is 2.29. The Balaban J connectivity index is 2.48. The van der Waals surface area contributed by atoms with Gasteiger partial charge in [-0.2, -0.15) is 8.78 Å². The van der Waals surface area contributed by atoms with Crippen LogP contribution in [0, 0.1) is 0 Å². The van der Waals surface area contributed by atoms with Crippen molar-refractivity contribution >= 4 is 28.1 Å². The first kappa shape index (κ1) is 12.8. The second kappa shape index (κ2) is 4.57. The number of ether oxygens (including phenoxy) is 1. The summed E-state index contributed by atoms with van der Waals surface area (Å²) < 4.78 is 43.0. The molecule has 0 aliphatic carbocycles. The lowest BCUT2D eigenvalue weighted by atomic mass is 10.1. The van der Waals surface area contributed by atoms with Crippen LogP contribution in [0.1, 0.15) is 0 Å². The summed E-state index contributed by atoms with van der Waals surface area (Å²) in [7, 11) is 0. The van der Waals surface area contributed by atoms with Gasteiger partial charge in [0.15, 0.2) is 0 Å². The zero-order valence-electron chi connectivity index (χ0n) is 9.04. The van der Waals surface area contributed by atoms with Crippen LogP contribution in [0.5, 0.6) is 5.75 Å². The van der Waals surface area contributed by atoms with Crippen molar-refractivity contribution in [1.29, 1.82) is 0 Å². The average molecular weight is 276 g/mol. The third-order valence-electron chi connectivity index (χ3n) is 2.37. The summed E-state index contributed by atoms with van der Waals surface area (Å²) in [6.45, 7) is 0. The summed E-state index contributed by atoms with van der Waals surface area (Å²) in [5.41, 5.74) is 3.04. The van der Waals surface area contributed by atoms with Crippen molar-refractivity contribution in [2.45, 2.75) is 11.7 Å². The third kappa shape index (κ3) is 2.46. The molecule has 1 atom stereocenters. The minimum Gasteiger partial charge on any atom is -0.429 e. The van der Waals surface area contributed by atoms with Crippen LogP contribution in [-0.2, 0) is 0 Å². The molecule has 0 radical (unpaired) electrons. The molecule has 2 aromatic carbocycles. The molecule has 18 heavy (non-hydrogen) atoms. The first-order chi connectivity index (χ1) is 8.40. The molecule has 96 valence electrons. The predicted octanol–water partition coefficient (Wildman–Crippen LogP) is 3.93. The minimum absolute atomic E-state index is 0.173. The summed E-state index contributed by atoms with van der Waals surface area (Å²) in [5.74, 6) is -0.173. The zero-order chi connectivity index (χ0) is 13.3. The van der Waals surface area contributed by atoms with Crippen molar-refractivity contribution in [3.63, 3.8) is 0 Å². The first-order valence-corrected chi connectivity index (χ1v) is 5.47. The summed E-state index contributed by atoms with van der Waals surface area (Å²) in [5, 5.41) is 1.02. The number of benzene rings is 2. The number of fused-ring (bicyclic) bond motifs is 1. The van der Waals surface area contributed by atoms with Gasteiger partial charge < -0.3 is 10.5 Å². The van der Waals surface area contributed by atoms with Gasteiger partial charge in [0, 0.05) is 11.1 Å². The molecule has 0 saturated heterocycles. The molecule has 0 saturated carbocycles. The Hall–Kier alpha value is -1.62. The van der Waals surface area contributed by atoms with Gasteiger partial charge in [-0.05, 0) is 23.6 Å². The van der Waals surface area contributed by atoms with Crippen LogP contribution in [-0.4, -0.2) is 11.7 Å². The molecule has 1 unspecified atom stereocenters. The van der Waals surface area contributed by atoms with E-state index in [1.807, 2.05) is 0 Å². The zero-order valence-corrected chi connectivity index (χ0v) is 9.79. The molecular formula is C12H9ClF3NO. The maximum Gasteiger partial charge on any atom is 0.444 e. The Morgan fingerprint density at radius 2 is 1.94 bits per heavy atom. The van der Waals surface area contributed by atoms with Crippen molar-refractivity contribution < 1.29 is 17.9 Å². The van der Waals surface area contributed by atoms with Crippen LogP contribution >= 0.6 is 11.6 Å². The molecule has 0 spiro atoms. The van der Waals surface area contributed by atoms with Crippen LogP contribution in [0.15, 0.2) is 36.4 Å². The van der Waals surface area contributed by atoms with Crippen LogP contribution < -0.4 is 10.5 Å². The lowest BCUT2D eigenvalue weighted by molar-refractivity contribution is -0.198. The molecule has 0 amide bonds. The van der Waals surface area contributed by atoms with E-state index in [4.69, 9.17) is 17.3 Å². The molecule has 0 fully saturated rings. The number of hydrogen-bond acceptors (Lipinski definition) is 2. The quantitative estimate of drug-likeness (QED) is 0.680. The fraction of sp³-hybridized carbons (Fsp3) is 0.167. The Kier molecular flexibility index (Phi) is 3.26. The van der Waals surface area contributed by atoms with E-state index in [-0.39, 0.29) is 5.75 Å². The van der Waals surface area contributed by atoms with E-state index in [2.05, 4.69) is 4.74 Å². The molecule has 2 rings (SSSR count). The lowest BCUT2D eigenvalue weighted by Crippen LogP contribution is -2.32. The maximum absolute atomic E-state index is 13.1. The molecule has 0 bridgehead atoms. The second-order valence-electron chi connectivity index (χ2n) is 3.70. The molecule has 0 aromatic heterocycles. The topological polar surface area (TPSA) is 35.2 Å². The minimum atomic E-state index is -4.10. The number of nitrogens with two attached hydrogens (primary N) is 1. The van der Waals surface area contributed by atoms with Crippen molar-refractivity contribution in [2.75, 3.05) is 5.73 Å². The van der Waals surface area contributed by atoms with E-state index in [0.717, 1.165) is 0 Å². The first-order valence-electron chi connectivity index (χ1n) is 5.03. The van der Waals surface area contributed by atoms with Crippen molar-refractivity contribution in [2.24, 2.45) is 0 Å². The number of hydrogen-bond donors (Lipinski definition) is 1. The van der Waals surface area contributed by atoms with Gasteiger partial charge in [-0.1, -0.05) is 29.8 Å². The normalized spacial score (nSPS) is 13.6. The van der Waals surface area contributed by atoms with E-state index >= 15 is 0 Å². The van der Waals surface area contributed by atoms with Gasteiger partial charge in [-0.3, -0.25) is 0 Å². The van der Waals surface area contributed by atoms with Crippen molar-refractivity contribution in [3.8, 4) is 5.75 Å². The summed E-state index contributed by atoms with van der Waals surface area (Å²) in [4.78, 5) is 0. The number of rotatable bonds is 3. The molecule has 0 heterocycles. The highest BCUT2D eigenvalue weighted by molar-refractivity contribution is 6.20. The predicted molar refractivity (Wildman–Crippen MR) is 64.7 cm³/mol. The SMILES string of the molecule is Nc1ccc2cccc(OC(F)(F)C(F)Cl)c2c1. The van der Waals surface area contributed by atoms with Crippen LogP contribution in [0.2, 0.25) is 0 Å². The summed E-state index contributed by atoms with van der Waals surface area (Å²) in [6.07, 6.45) is -4.10. The summed E-state index contributed by atoms with van der Waals surface area (Å²) >= 11 is 4.74. The Bertz CT molecular complexity index is 574. The maximum atomic E-state index is 13.1. The fourth-order valence-electron chi connectivity index (χ4n) is 1.54. The molecule has 2 aromatic rings. The highest BCUT2D eigenvalue weighted by Gasteiger charge is 2.42. The number of halogens is 4. The second-order valence-corrected chi connectivity index (χ2v) is 4.08. The molecule has 6 heteroatoms. The Labute approximate surface area is 106 Å². The number of anilines is 1. The Morgan fingerprint density at radius 3 is 2.61 bits per heavy atom. The fourth-order valence-corrected chi connectivity index (χ4v) is 1.59. The van der Waals surface area contributed by atoms with Crippen molar-refractivity contribution in [3.05, 3.63) is 36.4 Å². The van der Waals surface area contributed by atoms with Crippen LogP contribution in [0.25, 0.3) is 10.8 Å². The highest BCUT2D eigenvalue weighted by atomic mass is 35.5. The van der Waals surface area contributed by atoms with E-state index in [1.54, 1.807) is 18.2 Å². The van der Waals surface area contributed by atoms with Gasteiger partial charge in [0.2, 0.25) is 0 Å². The van der Waals surface area contributed by atoms with Crippen LogP contribution in [0.4, 0.5) is 18.9 Å². The summed E-state index contributed by atoms with van der Waals surface area (Å²) in [6, 6.07) is 9.28. The number of nitrogen functional groups attached to an aromatic ring is 1. The Morgan fingerprint density at radius 1 is 1.22 bits per heavy atom. The third-order valence-corrected chi connectivity index (χ3v) is 2.62. The van der Waals surface area contributed by atoms with Gasteiger partial charge in [0.25, 0.3) is 5.63 Å². The van der Waals surface area contributed by atoms with E-state index < -0.39 is 11.7 Å². The van der Waals surface area contributed by atoms with Gasteiger partial charge in [-0.15, -0.1) is 0 Å². The molecule has 0 aliphatic heterocycles. The highest BCUT2D eigenvalue weighted by Crippen LogP contribution is 2.34. The van der Waals surface area contributed by atoms with Gasteiger partial charge in [-0.25, -0.2) is 4.39 Å². The van der Waals surface area contributed by atoms with E-state index in [9.17, 15) is 13.2 Å². The van der Waals surface area contributed by atoms with Crippen molar-refractivity contribution in [1.82, 2.24) is 0 Å². The molecular weight excluding hydrogens is 267 g/mol. The van der Waals surface area contributed by atoms with Gasteiger partial charge in [0.05, 0.1) is 0 Å². The molecule has 0 aliphatic rings. The largest absolute Gasteiger partial charge is 0.444 e. The smallest absolute Gasteiger partial charge is 0.429 e. The molecule has 2 N–H and O–H groups in total. The van der Waals surface area contributed by atoms with E-state index in [0.29, 0.717) is 16.5 Å². The number of alkyl halides is 4. The van der Waals surface area contributed by atoms with Crippen LogP contribution in [0.3, 0.4) is 0 Å². The van der Waals surface area contributed by atoms with Gasteiger partial charge in [0.1, 0.15) is 5.75 Å². The standard InChI is InChI=1S/C12H9ClF3NO/c13-11(14)12(15,16)18-10-3-1-2-7-4-5-8(17)6-9(7)10/h1-6,11H,17H2. The molecule has 2 nitrogen and oxygen atoms in total. The van der Waals surface area contributed by atoms with E-state index in [1.165, 1.54) is 18.2 Å².